The maximum atomic E-state index is 12.6. The normalized spacial score (nSPS) is 11.6. The van der Waals surface area contributed by atoms with Gasteiger partial charge in [-0.2, -0.15) is 5.26 Å². The van der Waals surface area contributed by atoms with Crippen LogP contribution < -0.4 is 10.1 Å². The molecule has 1 atom stereocenters. The monoisotopic (exact) mass is 332 g/mol. The first kappa shape index (κ1) is 16.4. The quantitative estimate of drug-likeness (QED) is 0.792. The second kappa shape index (κ2) is 6.97. The number of amides is 1. The van der Waals surface area contributed by atoms with Crippen LogP contribution in [-0.4, -0.2) is 23.0 Å². The number of ether oxygens (including phenoxy) is 1. The summed E-state index contributed by atoms with van der Waals surface area (Å²) in [5, 5.41) is 12.3. The molecule has 0 spiro atoms. The lowest BCUT2D eigenvalue weighted by atomic mass is 10.1. The van der Waals surface area contributed by atoms with Gasteiger partial charge >= 0.3 is 0 Å². The van der Waals surface area contributed by atoms with Crippen molar-refractivity contribution in [2.24, 2.45) is 0 Å². The Kier molecular flexibility index (Phi) is 4.57. The molecule has 0 aliphatic rings. The molecule has 0 unspecified atom stereocenters. The number of benzene rings is 2. The predicted molar refractivity (Wildman–Crippen MR) is 94.3 cm³/mol. The minimum absolute atomic E-state index is 0.171. The number of fused-ring (bicyclic) bond motifs is 1. The lowest BCUT2D eigenvalue weighted by Gasteiger charge is -2.13. The van der Waals surface area contributed by atoms with Gasteiger partial charge < -0.3 is 10.1 Å². The van der Waals surface area contributed by atoms with E-state index in [0.717, 1.165) is 5.56 Å². The highest BCUT2D eigenvalue weighted by atomic mass is 16.5. The van der Waals surface area contributed by atoms with Gasteiger partial charge in [0, 0.05) is 5.69 Å². The van der Waals surface area contributed by atoms with Gasteiger partial charge in [0.05, 0.1) is 24.2 Å². The molecule has 25 heavy (non-hydrogen) atoms. The predicted octanol–water partition coefficient (Wildman–Crippen LogP) is 3.19. The van der Waals surface area contributed by atoms with Crippen LogP contribution in [0.3, 0.4) is 0 Å². The van der Waals surface area contributed by atoms with Crippen LogP contribution in [0.4, 0.5) is 5.69 Å². The largest absolute Gasteiger partial charge is 0.480 e. The molecule has 3 aromatic rings. The lowest BCUT2D eigenvalue weighted by molar-refractivity contribution is -0.116. The molecule has 0 aliphatic carbocycles. The number of para-hydroxylation sites is 2. The van der Waals surface area contributed by atoms with Crippen molar-refractivity contribution >= 4 is 22.6 Å². The zero-order valence-corrected chi connectivity index (χ0v) is 13.9. The SMILES string of the molecule is COc1nc2ccccc2nc1[C@@H](C#N)C(=O)Nc1cccc(C)c1. The molecule has 1 aromatic heterocycles. The number of hydrogen-bond donors (Lipinski definition) is 1. The molecule has 1 N–H and O–H groups in total. The van der Waals surface area contributed by atoms with Crippen LogP contribution in [0.5, 0.6) is 5.88 Å². The molecule has 3 rings (SSSR count). The fraction of sp³-hybridized carbons (Fsp3) is 0.158. The number of hydrogen-bond acceptors (Lipinski definition) is 5. The number of anilines is 1. The van der Waals surface area contributed by atoms with Gasteiger partial charge in [-0.1, -0.05) is 24.3 Å². The Morgan fingerprint density at radius 2 is 1.88 bits per heavy atom. The summed E-state index contributed by atoms with van der Waals surface area (Å²) < 4.78 is 5.25. The van der Waals surface area contributed by atoms with Crippen LogP contribution in [0, 0.1) is 18.3 Å². The molecule has 1 heterocycles. The minimum Gasteiger partial charge on any atom is -0.480 e. The highest BCUT2D eigenvalue weighted by Crippen LogP contribution is 2.26. The van der Waals surface area contributed by atoms with Gasteiger partial charge in [0.15, 0.2) is 5.92 Å². The van der Waals surface area contributed by atoms with Crippen molar-refractivity contribution in [3.05, 3.63) is 59.8 Å². The summed E-state index contributed by atoms with van der Waals surface area (Å²) in [6.07, 6.45) is 0. The average Bonchev–Trinajstić information content (AvgIpc) is 2.61. The number of methoxy groups -OCH3 is 1. The number of carbonyl (C=O) groups excluding carboxylic acids is 1. The Labute approximate surface area is 145 Å². The first-order valence-corrected chi connectivity index (χ1v) is 7.70. The van der Waals surface area contributed by atoms with Crippen molar-refractivity contribution < 1.29 is 9.53 Å². The van der Waals surface area contributed by atoms with Crippen LogP contribution in [0.1, 0.15) is 17.2 Å². The van der Waals surface area contributed by atoms with E-state index in [4.69, 9.17) is 4.74 Å². The molecule has 0 fully saturated rings. The van der Waals surface area contributed by atoms with E-state index in [1.165, 1.54) is 7.11 Å². The van der Waals surface area contributed by atoms with Gasteiger partial charge in [-0.25, -0.2) is 9.97 Å². The molecular weight excluding hydrogens is 316 g/mol. The van der Waals surface area contributed by atoms with E-state index in [1.54, 1.807) is 18.2 Å². The lowest BCUT2D eigenvalue weighted by Crippen LogP contribution is -2.22. The summed E-state index contributed by atoms with van der Waals surface area (Å²) in [7, 11) is 1.44. The number of rotatable bonds is 4. The Hall–Kier alpha value is -3.46. The molecule has 0 saturated carbocycles. The number of nitriles is 1. The van der Waals surface area contributed by atoms with Crippen molar-refractivity contribution in [2.45, 2.75) is 12.8 Å². The number of nitrogens with zero attached hydrogens (tertiary/aromatic N) is 3. The first-order valence-electron chi connectivity index (χ1n) is 7.70. The highest BCUT2D eigenvalue weighted by molar-refractivity contribution is 5.98. The third-order valence-corrected chi connectivity index (χ3v) is 3.71. The number of aryl methyl sites for hydroxylation is 1. The van der Waals surface area contributed by atoms with Crippen LogP contribution in [-0.2, 0) is 4.79 Å². The Bertz CT molecular complexity index is 979. The van der Waals surface area contributed by atoms with Gasteiger partial charge in [0.1, 0.15) is 5.69 Å². The topological polar surface area (TPSA) is 87.9 Å². The third kappa shape index (κ3) is 3.40. The number of carbonyl (C=O) groups is 1. The van der Waals surface area contributed by atoms with E-state index in [1.807, 2.05) is 43.3 Å². The van der Waals surface area contributed by atoms with Crippen molar-refractivity contribution in [2.75, 3.05) is 12.4 Å². The average molecular weight is 332 g/mol. The van der Waals surface area contributed by atoms with Gasteiger partial charge in [-0.05, 0) is 36.8 Å². The smallest absolute Gasteiger partial charge is 0.248 e. The van der Waals surface area contributed by atoms with E-state index >= 15 is 0 Å². The third-order valence-electron chi connectivity index (χ3n) is 3.71. The number of aromatic nitrogens is 2. The number of nitrogens with one attached hydrogen (secondary N) is 1. The standard InChI is InChI=1S/C19H16N4O2/c1-12-6-5-7-13(10-12)21-18(24)14(11-20)17-19(25-2)23-16-9-4-3-8-15(16)22-17/h3-10,14H,1-2H3,(H,21,24)/t14-/m1/s1. The van der Waals surface area contributed by atoms with Gasteiger partial charge in [0.2, 0.25) is 11.8 Å². The van der Waals surface area contributed by atoms with E-state index in [9.17, 15) is 10.1 Å². The molecule has 0 bridgehead atoms. The summed E-state index contributed by atoms with van der Waals surface area (Å²) in [6, 6.07) is 16.6. The van der Waals surface area contributed by atoms with Crippen LogP contribution in [0.2, 0.25) is 0 Å². The molecule has 2 aromatic carbocycles. The van der Waals surface area contributed by atoms with Gasteiger partial charge in [-0.3, -0.25) is 4.79 Å². The fourth-order valence-electron chi connectivity index (χ4n) is 2.52. The van der Waals surface area contributed by atoms with Crippen molar-refractivity contribution in [3.63, 3.8) is 0 Å². The summed E-state index contributed by atoms with van der Waals surface area (Å²) >= 11 is 0. The van der Waals surface area contributed by atoms with Crippen molar-refractivity contribution in [3.8, 4) is 11.9 Å². The second-order valence-corrected chi connectivity index (χ2v) is 5.53. The summed E-state index contributed by atoms with van der Waals surface area (Å²) in [6.45, 7) is 1.93. The molecule has 0 radical (unpaired) electrons. The van der Waals surface area contributed by atoms with Crippen molar-refractivity contribution in [1.82, 2.24) is 9.97 Å². The molecular formula is C19H16N4O2. The van der Waals surface area contributed by atoms with Crippen LogP contribution in [0.15, 0.2) is 48.5 Å². The molecule has 124 valence electrons. The van der Waals surface area contributed by atoms with E-state index in [2.05, 4.69) is 15.3 Å². The maximum absolute atomic E-state index is 12.6. The van der Waals surface area contributed by atoms with E-state index in [0.29, 0.717) is 16.7 Å². The van der Waals surface area contributed by atoms with E-state index in [-0.39, 0.29) is 11.6 Å². The van der Waals surface area contributed by atoms with Gasteiger partial charge in [-0.15, -0.1) is 0 Å². The Morgan fingerprint density at radius 3 is 2.52 bits per heavy atom. The maximum Gasteiger partial charge on any atom is 0.248 e. The molecule has 0 saturated heterocycles. The molecule has 0 aliphatic heterocycles. The summed E-state index contributed by atoms with van der Waals surface area (Å²) in [5.74, 6) is -1.44. The zero-order valence-electron chi connectivity index (χ0n) is 13.9. The van der Waals surface area contributed by atoms with Crippen LogP contribution >= 0.6 is 0 Å². The van der Waals surface area contributed by atoms with E-state index < -0.39 is 11.8 Å². The summed E-state index contributed by atoms with van der Waals surface area (Å²) in [4.78, 5) is 21.4. The second-order valence-electron chi connectivity index (χ2n) is 5.53. The zero-order chi connectivity index (χ0) is 17.8. The Morgan fingerprint density at radius 1 is 1.16 bits per heavy atom. The van der Waals surface area contributed by atoms with Crippen molar-refractivity contribution in [1.29, 1.82) is 5.26 Å². The molecule has 6 heteroatoms. The first-order chi connectivity index (χ1) is 12.1. The minimum atomic E-state index is -1.13. The highest BCUT2D eigenvalue weighted by Gasteiger charge is 2.27. The molecule has 6 nitrogen and oxygen atoms in total. The van der Waals surface area contributed by atoms with Crippen LogP contribution in [0.25, 0.3) is 11.0 Å². The Balaban J connectivity index is 1.98. The molecule has 1 amide bonds. The fourth-order valence-corrected chi connectivity index (χ4v) is 2.52. The van der Waals surface area contributed by atoms with Gasteiger partial charge in [0.25, 0.3) is 0 Å². The summed E-state index contributed by atoms with van der Waals surface area (Å²) in [5.41, 5.74) is 3.07.